The van der Waals surface area contributed by atoms with Crippen LogP contribution < -0.4 is 4.74 Å². The maximum absolute atomic E-state index is 11.5. The van der Waals surface area contributed by atoms with Gasteiger partial charge in [-0.25, -0.2) is 4.79 Å². The highest BCUT2D eigenvalue weighted by atomic mass is 16.5. The summed E-state index contributed by atoms with van der Waals surface area (Å²) in [5.74, 6) is 0.611. The highest BCUT2D eigenvalue weighted by molar-refractivity contribution is 5.92. The van der Waals surface area contributed by atoms with Crippen LogP contribution in [0.3, 0.4) is 0 Å². The summed E-state index contributed by atoms with van der Waals surface area (Å²) in [7, 11) is 1.40. The Balaban J connectivity index is 2.51. The molecule has 0 saturated heterocycles. The number of hydrogen-bond donors (Lipinski definition) is 0. The molecule has 3 nitrogen and oxygen atoms in total. The average Bonchev–Trinajstić information content (AvgIpc) is 2.75. The number of carbonyl (C=O) groups is 1. The van der Waals surface area contributed by atoms with Gasteiger partial charge >= 0.3 is 5.97 Å². The molecule has 1 heterocycles. The second-order valence-corrected chi connectivity index (χ2v) is 3.52. The van der Waals surface area contributed by atoms with Crippen molar-refractivity contribution in [1.82, 2.24) is 0 Å². The van der Waals surface area contributed by atoms with E-state index in [0.717, 1.165) is 29.7 Å². The molecule has 1 aliphatic rings. The van der Waals surface area contributed by atoms with Crippen LogP contribution in [0.1, 0.15) is 28.4 Å². The van der Waals surface area contributed by atoms with Crippen LogP contribution >= 0.6 is 0 Å². The van der Waals surface area contributed by atoms with E-state index in [4.69, 9.17) is 9.47 Å². The summed E-state index contributed by atoms with van der Waals surface area (Å²) < 4.78 is 10.3. The summed E-state index contributed by atoms with van der Waals surface area (Å²) >= 11 is 0. The van der Waals surface area contributed by atoms with E-state index in [1.165, 1.54) is 7.11 Å². The molecule has 0 aromatic heterocycles. The predicted octanol–water partition coefficient (Wildman–Crippen LogP) is 1.97. The first kappa shape index (κ1) is 10.0. The Morgan fingerprint density at radius 1 is 1.53 bits per heavy atom. The molecule has 3 heteroatoms. The first-order valence-electron chi connectivity index (χ1n) is 5.13. The quantitative estimate of drug-likeness (QED) is 0.694. The Morgan fingerprint density at radius 2 is 2.33 bits per heavy atom. The third-order valence-corrected chi connectivity index (χ3v) is 2.73. The normalized spacial score (nSPS) is 13.2. The second-order valence-electron chi connectivity index (χ2n) is 3.52. The zero-order valence-corrected chi connectivity index (χ0v) is 9.00. The maximum Gasteiger partial charge on any atom is 0.338 e. The Morgan fingerprint density at radius 3 is 3.00 bits per heavy atom. The van der Waals surface area contributed by atoms with Crippen molar-refractivity contribution in [3.63, 3.8) is 0 Å². The minimum atomic E-state index is -0.278. The van der Waals surface area contributed by atoms with Gasteiger partial charge < -0.3 is 9.47 Å². The van der Waals surface area contributed by atoms with Crippen LogP contribution in [0.5, 0.6) is 5.75 Å². The third kappa shape index (κ3) is 1.58. The highest BCUT2D eigenvalue weighted by Gasteiger charge is 2.22. The zero-order chi connectivity index (χ0) is 10.8. The highest BCUT2D eigenvalue weighted by Crippen LogP contribution is 2.33. The summed E-state index contributed by atoms with van der Waals surface area (Å²) in [6.07, 6.45) is 1.72. The molecule has 0 spiro atoms. The summed E-state index contributed by atoms with van der Waals surface area (Å²) in [5, 5.41) is 0. The van der Waals surface area contributed by atoms with Crippen molar-refractivity contribution >= 4 is 5.97 Å². The van der Waals surface area contributed by atoms with E-state index < -0.39 is 0 Å². The van der Waals surface area contributed by atoms with Gasteiger partial charge in [0.2, 0.25) is 0 Å². The van der Waals surface area contributed by atoms with Crippen LogP contribution in [0.2, 0.25) is 0 Å². The average molecular weight is 206 g/mol. The lowest BCUT2D eigenvalue weighted by molar-refractivity contribution is 0.0599. The molecule has 0 fully saturated rings. The van der Waals surface area contributed by atoms with Gasteiger partial charge in [-0.15, -0.1) is 0 Å². The zero-order valence-electron chi connectivity index (χ0n) is 9.00. The molecular weight excluding hydrogens is 192 g/mol. The van der Waals surface area contributed by atoms with E-state index in [1.54, 1.807) is 0 Å². The molecule has 15 heavy (non-hydrogen) atoms. The Labute approximate surface area is 89.0 Å². The second kappa shape index (κ2) is 3.93. The lowest BCUT2D eigenvalue weighted by atomic mass is 10.0. The van der Waals surface area contributed by atoms with Crippen molar-refractivity contribution in [2.24, 2.45) is 0 Å². The van der Waals surface area contributed by atoms with Gasteiger partial charge in [0.25, 0.3) is 0 Å². The number of aryl methyl sites for hydroxylation is 1. The van der Waals surface area contributed by atoms with Gasteiger partial charge in [0.15, 0.2) is 0 Å². The van der Waals surface area contributed by atoms with E-state index in [9.17, 15) is 4.79 Å². The smallest absolute Gasteiger partial charge is 0.338 e. The maximum atomic E-state index is 11.5. The predicted molar refractivity (Wildman–Crippen MR) is 56.4 cm³/mol. The molecule has 0 aliphatic carbocycles. The van der Waals surface area contributed by atoms with Gasteiger partial charge in [0.1, 0.15) is 5.75 Å². The number of carbonyl (C=O) groups excluding carboxylic acids is 1. The number of ether oxygens (including phenoxy) is 2. The molecule has 1 aromatic rings. The molecule has 0 atom stereocenters. The van der Waals surface area contributed by atoms with Crippen LogP contribution in [0.15, 0.2) is 12.1 Å². The van der Waals surface area contributed by atoms with Gasteiger partial charge in [-0.1, -0.05) is 13.0 Å². The molecule has 0 bridgehead atoms. The van der Waals surface area contributed by atoms with Gasteiger partial charge in [-0.05, 0) is 18.1 Å². The van der Waals surface area contributed by atoms with Gasteiger partial charge in [0.05, 0.1) is 19.3 Å². The standard InChI is InChI=1S/C12H14O3/c1-3-8-4-5-10(12(13)14-2)9-6-7-15-11(8)9/h4-5H,3,6-7H2,1-2H3. The van der Waals surface area contributed by atoms with Crippen molar-refractivity contribution in [3.8, 4) is 5.75 Å². The number of hydrogen-bond acceptors (Lipinski definition) is 3. The lowest BCUT2D eigenvalue weighted by Crippen LogP contribution is -2.05. The van der Waals surface area contributed by atoms with Crippen molar-refractivity contribution in [2.45, 2.75) is 19.8 Å². The van der Waals surface area contributed by atoms with E-state index in [2.05, 4.69) is 6.92 Å². The SMILES string of the molecule is CCc1ccc(C(=O)OC)c2c1OCC2. The van der Waals surface area contributed by atoms with Crippen molar-refractivity contribution < 1.29 is 14.3 Å². The largest absolute Gasteiger partial charge is 0.493 e. The monoisotopic (exact) mass is 206 g/mol. The molecule has 1 aliphatic heterocycles. The molecule has 1 aromatic carbocycles. The van der Waals surface area contributed by atoms with Crippen LogP contribution in [-0.2, 0) is 17.6 Å². The number of fused-ring (bicyclic) bond motifs is 1. The lowest BCUT2D eigenvalue weighted by Gasteiger charge is -2.09. The summed E-state index contributed by atoms with van der Waals surface area (Å²) in [6.45, 7) is 2.74. The van der Waals surface area contributed by atoms with Crippen LogP contribution in [0.25, 0.3) is 0 Å². The van der Waals surface area contributed by atoms with Crippen molar-refractivity contribution in [1.29, 1.82) is 0 Å². The van der Waals surface area contributed by atoms with Gasteiger partial charge in [0, 0.05) is 12.0 Å². The fourth-order valence-corrected chi connectivity index (χ4v) is 1.94. The first-order chi connectivity index (χ1) is 7.27. The van der Waals surface area contributed by atoms with Gasteiger partial charge in [-0.2, -0.15) is 0 Å². The fraction of sp³-hybridized carbons (Fsp3) is 0.417. The Hall–Kier alpha value is -1.51. The van der Waals surface area contributed by atoms with E-state index >= 15 is 0 Å². The molecule has 0 saturated carbocycles. The molecule has 80 valence electrons. The fourth-order valence-electron chi connectivity index (χ4n) is 1.94. The molecule has 2 rings (SSSR count). The topological polar surface area (TPSA) is 35.5 Å². The number of esters is 1. The summed E-state index contributed by atoms with van der Waals surface area (Å²) in [4.78, 5) is 11.5. The molecule has 0 amide bonds. The van der Waals surface area contributed by atoms with Gasteiger partial charge in [-0.3, -0.25) is 0 Å². The van der Waals surface area contributed by atoms with Crippen LogP contribution in [-0.4, -0.2) is 19.7 Å². The minimum absolute atomic E-state index is 0.278. The Bertz CT molecular complexity index is 396. The van der Waals surface area contributed by atoms with E-state index in [-0.39, 0.29) is 5.97 Å². The molecular formula is C12H14O3. The number of methoxy groups -OCH3 is 1. The van der Waals surface area contributed by atoms with Crippen molar-refractivity contribution in [2.75, 3.05) is 13.7 Å². The molecule has 0 unspecified atom stereocenters. The third-order valence-electron chi connectivity index (χ3n) is 2.73. The number of rotatable bonds is 2. The molecule has 0 radical (unpaired) electrons. The molecule has 0 N–H and O–H groups in total. The van der Waals surface area contributed by atoms with Crippen LogP contribution in [0, 0.1) is 0 Å². The Kier molecular flexibility index (Phi) is 2.62. The number of benzene rings is 1. The summed E-state index contributed by atoms with van der Waals surface area (Å²) in [6, 6.07) is 3.77. The van der Waals surface area contributed by atoms with Crippen LogP contribution in [0.4, 0.5) is 0 Å². The van der Waals surface area contributed by atoms with Crippen molar-refractivity contribution in [3.05, 3.63) is 28.8 Å². The van der Waals surface area contributed by atoms with E-state index in [1.807, 2.05) is 12.1 Å². The first-order valence-corrected chi connectivity index (χ1v) is 5.13. The summed E-state index contributed by atoms with van der Waals surface area (Å²) in [5.41, 5.74) is 2.80. The van der Waals surface area contributed by atoms with E-state index in [0.29, 0.717) is 12.2 Å². The minimum Gasteiger partial charge on any atom is -0.493 e.